The zero-order chi connectivity index (χ0) is 15.5. The van der Waals surface area contributed by atoms with Crippen molar-refractivity contribution in [2.45, 2.75) is 32.3 Å². The van der Waals surface area contributed by atoms with Crippen LogP contribution >= 0.6 is 0 Å². The number of benzene rings is 1. The first kappa shape index (κ1) is 17.2. The second kappa shape index (κ2) is 10.00. The molecule has 1 rings (SSSR count). The van der Waals surface area contributed by atoms with Crippen LogP contribution in [0.5, 0.6) is 5.75 Å². The van der Waals surface area contributed by atoms with E-state index in [1.54, 1.807) is 20.3 Å². The third-order valence-corrected chi connectivity index (χ3v) is 3.24. The van der Waals surface area contributed by atoms with Crippen molar-refractivity contribution in [3.8, 4) is 5.75 Å². The molecule has 1 unspecified atom stereocenters. The summed E-state index contributed by atoms with van der Waals surface area (Å²) in [6.07, 6.45) is 6.04. The molecule has 1 aromatic carbocycles. The van der Waals surface area contributed by atoms with Gasteiger partial charge in [0.25, 0.3) is 0 Å². The molecule has 0 fully saturated rings. The minimum atomic E-state index is -0.341. The van der Waals surface area contributed by atoms with Crippen LogP contribution in [0.1, 0.15) is 31.7 Å². The molecular formula is C17H24O4. The smallest absolute Gasteiger partial charge is 0.330 e. The summed E-state index contributed by atoms with van der Waals surface area (Å²) in [5.41, 5.74) is 0.849. The highest BCUT2D eigenvalue weighted by Crippen LogP contribution is 2.18. The number of hydrogen-bond acceptors (Lipinski definition) is 4. The Morgan fingerprint density at radius 3 is 2.71 bits per heavy atom. The monoisotopic (exact) mass is 292 g/mol. The van der Waals surface area contributed by atoms with Crippen LogP contribution in [0.2, 0.25) is 0 Å². The van der Waals surface area contributed by atoms with E-state index in [0.717, 1.165) is 30.6 Å². The topological polar surface area (TPSA) is 44.8 Å². The Morgan fingerprint density at radius 2 is 2.05 bits per heavy atom. The predicted molar refractivity (Wildman–Crippen MR) is 83.3 cm³/mol. The fourth-order valence-electron chi connectivity index (χ4n) is 1.98. The first-order valence-electron chi connectivity index (χ1n) is 7.21. The largest absolute Gasteiger partial charge is 0.496 e. The third-order valence-electron chi connectivity index (χ3n) is 3.24. The van der Waals surface area contributed by atoms with Gasteiger partial charge in [0.05, 0.1) is 19.8 Å². The van der Waals surface area contributed by atoms with Gasteiger partial charge in [-0.2, -0.15) is 0 Å². The van der Waals surface area contributed by atoms with E-state index in [9.17, 15) is 4.79 Å². The van der Waals surface area contributed by atoms with Crippen molar-refractivity contribution in [3.63, 3.8) is 0 Å². The maximum atomic E-state index is 11.6. The van der Waals surface area contributed by atoms with E-state index in [-0.39, 0.29) is 12.1 Å². The average molecular weight is 292 g/mol. The Hall–Kier alpha value is -1.81. The van der Waals surface area contributed by atoms with Crippen LogP contribution in [0.3, 0.4) is 0 Å². The van der Waals surface area contributed by atoms with Crippen molar-refractivity contribution in [2.24, 2.45) is 0 Å². The molecule has 0 aliphatic carbocycles. The summed E-state index contributed by atoms with van der Waals surface area (Å²) in [5, 5.41) is 0. The van der Waals surface area contributed by atoms with Gasteiger partial charge in [-0.25, -0.2) is 4.79 Å². The second-order valence-corrected chi connectivity index (χ2v) is 4.65. The van der Waals surface area contributed by atoms with E-state index in [2.05, 4.69) is 6.92 Å². The number of carbonyl (C=O) groups excluding carboxylic acids is 1. The first-order chi connectivity index (χ1) is 10.2. The van der Waals surface area contributed by atoms with Crippen molar-refractivity contribution >= 4 is 12.0 Å². The Labute approximate surface area is 126 Å². The number of para-hydroxylation sites is 1. The second-order valence-electron chi connectivity index (χ2n) is 4.65. The minimum Gasteiger partial charge on any atom is -0.496 e. The Morgan fingerprint density at radius 1 is 1.29 bits per heavy atom. The maximum absolute atomic E-state index is 11.6. The van der Waals surface area contributed by atoms with Crippen molar-refractivity contribution in [1.82, 2.24) is 0 Å². The molecule has 21 heavy (non-hydrogen) atoms. The quantitative estimate of drug-likeness (QED) is 0.397. The minimum absolute atomic E-state index is 0.243. The van der Waals surface area contributed by atoms with Gasteiger partial charge in [0.1, 0.15) is 5.75 Å². The van der Waals surface area contributed by atoms with Crippen molar-refractivity contribution < 1.29 is 19.0 Å². The van der Waals surface area contributed by atoms with Gasteiger partial charge in [-0.05, 0) is 31.4 Å². The Bertz CT molecular complexity index is 450. The summed E-state index contributed by atoms with van der Waals surface area (Å²) in [7, 11) is 3.31. The van der Waals surface area contributed by atoms with Crippen LogP contribution in [-0.4, -0.2) is 32.9 Å². The third kappa shape index (κ3) is 6.45. The predicted octanol–water partition coefficient (Wildman–Crippen LogP) is 3.46. The van der Waals surface area contributed by atoms with Crippen molar-refractivity contribution in [1.29, 1.82) is 0 Å². The zero-order valence-electron chi connectivity index (χ0n) is 13.0. The lowest BCUT2D eigenvalue weighted by Gasteiger charge is -2.12. The number of hydrogen-bond donors (Lipinski definition) is 0. The van der Waals surface area contributed by atoms with Crippen LogP contribution in [0.25, 0.3) is 6.08 Å². The lowest BCUT2D eigenvalue weighted by molar-refractivity contribution is -0.137. The van der Waals surface area contributed by atoms with Gasteiger partial charge in [-0.3, -0.25) is 0 Å². The molecule has 0 aromatic heterocycles. The molecule has 0 saturated heterocycles. The van der Waals surface area contributed by atoms with Gasteiger partial charge in [0.15, 0.2) is 0 Å². The number of ether oxygens (including phenoxy) is 3. The SMILES string of the molecule is CCC(CCCOC(=O)C=Cc1ccccc1OC)OC. The molecule has 0 bridgehead atoms. The van der Waals surface area contributed by atoms with E-state index in [1.807, 2.05) is 24.3 Å². The van der Waals surface area contributed by atoms with E-state index in [4.69, 9.17) is 14.2 Å². The summed E-state index contributed by atoms with van der Waals surface area (Å²) < 4.78 is 15.6. The van der Waals surface area contributed by atoms with Gasteiger partial charge in [0, 0.05) is 18.7 Å². The number of carbonyl (C=O) groups is 1. The standard InChI is InChI=1S/C17H24O4/c1-4-15(19-2)9-7-13-21-17(18)12-11-14-8-5-6-10-16(14)20-3/h5-6,8,10-12,15H,4,7,9,13H2,1-3H3. The van der Waals surface area contributed by atoms with E-state index in [1.165, 1.54) is 6.08 Å². The molecule has 0 saturated carbocycles. The average Bonchev–Trinajstić information content (AvgIpc) is 2.53. The summed E-state index contributed by atoms with van der Waals surface area (Å²) in [5.74, 6) is 0.388. The number of esters is 1. The molecule has 4 nitrogen and oxygen atoms in total. The van der Waals surface area contributed by atoms with Gasteiger partial charge in [-0.1, -0.05) is 25.1 Å². The summed E-state index contributed by atoms with van der Waals surface area (Å²) in [4.78, 5) is 11.6. The zero-order valence-corrected chi connectivity index (χ0v) is 13.0. The van der Waals surface area contributed by atoms with Gasteiger partial charge in [0.2, 0.25) is 0 Å². The van der Waals surface area contributed by atoms with E-state index < -0.39 is 0 Å². The van der Waals surface area contributed by atoms with E-state index >= 15 is 0 Å². The molecule has 0 aliphatic heterocycles. The number of methoxy groups -OCH3 is 2. The van der Waals surface area contributed by atoms with Gasteiger partial charge >= 0.3 is 5.97 Å². The Kier molecular flexibility index (Phi) is 8.21. The molecule has 1 aromatic rings. The molecule has 116 valence electrons. The van der Waals surface area contributed by atoms with E-state index in [0.29, 0.717) is 6.61 Å². The summed E-state index contributed by atoms with van der Waals surface area (Å²) >= 11 is 0. The lowest BCUT2D eigenvalue weighted by atomic mass is 10.1. The van der Waals surface area contributed by atoms with Crippen LogP contribution in [0.4, 0.5) is 0 Å². The molecule has 0 amide bonds. The van der Waals surface area contributed by atoms with Gasteiger partial charge < -0.3 is 14.2 Å². The molecule has 0 aliphatic rings. The van der Waals surface area contributed by atoms with Crippen molar-refractivity contribution in [3.05, 3.63) is 35.9 Å². The van der Waals surface area contributed by atoms with Crippen LogP contribution in [-0.2, 0) is 14.3 Å². The molecule has 0 N–H and O–H groups in total. The Balaban J connectivity index is 2.35. The molecule has 0 heterocycles. The first-order valence-corrected chi connectivity index (χ1v) is 7.21. The van der Waals surface area contributed by atoms with Crippen LogP contribution in [0, 0.1) is 0 Å². The summed E-state index contributed by atoms with van der Waals surface area (Å²) in [6.45, 7) is 2.49. The molecule has 1 atom stereocenters. The van der Waals surface area contributed by atoms with Crippen LogP contribution < -0.4 is 4.74 Å². The fraction of sp³-hybridized carbons (Fsp3) is 0.471. The van der Waals surface area contributed by atoms with Gasteiger partial charge in [-0.15, -0.1) is 0 Å². The normalized spacial score (nSPS) is 12.3. The molecular weight excluding hydrogens is 268 g/mol. The summed E-state index contributed by atoms with van der Waals surface area (Å²) in [6, 6.07) is 7.51. The highest BCUT2D eigenvalue weighted by molar-refractivity contribution is 5.87. The van der Waals surface area contributed by atoms with Crippen molar-refractivity contribution in [2.75, 3.05) is 20.8 Å². The highest BCUT2D eigenvalue weighted by Gasteiger charge is 2.05. The molecule has 0 spiro atoms. The lowest BCUT2D eigenvalue weighted by Crippen LogP contribution is -2.11. The molecule has 0 radical (unpaired) electrons. The molecule has 4 heteroatoms. The van der Waals surface area contributed by atoms with Crippen LogP contribution in [0.15, 0.2) is 30.3 Å². The number of rotatable bonds is 9. The maximum Gasteiger partial charge on any atom is 0.330 e. The highest BCUT2D eigenvalue weighted by atomic mass is 16.5. The fourth-order valence-corrected chi connectivity index (χ4v) is 1.98.